The van der Waals surface area contributed by atoms with Gasteiger partial charge in [0.2, 0.25) is 11.8 Å². The zero-order valence-corrected chi connectivity index (χ0v) is 14.6. The fraction of sp³-hybridized carbons (Fsp3) is 0.385. The molecule has 0 fully saturated rings. The molecule has 0 radical (unpaired) electrons. The van der Waals surface area contributed by atoms with Crippen LogP contribution in [-0.4, -0.2) is 60.6 Å². The summed E-state index contributed by atoms with van der Waals surface area (Å²) in [6, 6.07) is 1.98. The Kier molecular flexibility index (Phi) is 7.77. The van der Waals surface area contributed by atoms with Gasteiger partial charge in [-0.1, -0.05) is 0 Å². The molecule has 0 spiro atoms. The molecule has 0 atom stereocenters. The third-order valence-electron chi connectivity index (χ3n) is 2.52. The normalized spacial score (nSPS) is 11.1. The lowest BCUT2D eigenvalue weighted by Crippen LogP contribution is -2.47. The van der Waals surface area contributed by atoms with Gasteiger partial charge in [0.05, 0.1) is 13.1 Å². The highest BCUT2D eigenvalue weighted by Crippen LogP contribution is 2.12. The predicted octanol–water partition coefficient (Wildman–Crippen LogP) is 1.10. The van der Waals surface area contributed by atoms with Crippen molar-refractivity contribution in [3.63, 3.8) is 0 Å². The van der Waals surface area contributed by atoms with E-state index in [1.807, 2.05) is 0 Å². The van der Waals surface area contributed by atoms with Crippen LogP contribution < -0.4 is 16.0 Å². The van der Waals surface area contributed by atoms with Gasteiger partial charge in [0, 0.05) is 10.7 Å². The number of amides is 4. The highest BCUT2D eigenvalue weighted by molar-refractivity contribution is 9.10. The second-order valence-corrected chi connectivity index (χ2v) is 5.84. The number of halogens is 4. The smallest absolute Gasteiger partial charge is 0.329 e. The number of pyridine rings is 1. The number of carbonyl (C=O) groups is 3. The van der Waals surface area contributed by atoms with Gasteiger partial charge in [0.1, 0.15) is 12.4 Å². The van der Waals surface area contributed by atoms with Gasteiger partial charge in [-0.15, -0.1) is 0 Å². The maximum atomic E-state index is 11.9. The summed E-state index contributed by atoms with van der Waals surface area (Å²) in [5.74, 6) is -0.985. The molecule has 12 heteroatoms. The van der Waals surface area contributed by atoms with Crippen LogP contribution in [0.3, 0.4) is 0 Å². The molecule has 0 aliphatic rings. The molecule has 138 valence electrons. The van der Waals surface area contributed by atoms with Crippen LogP contribution in [-0.2, 0) is 9.59 Å². The topological polar surface area (TPSA) is 103 Å². The fourth-order valence-electron chi connectivity index (χ4n) is 1.57. The Balaban J connectivity index is 2.33. The molecule has 0 saturated heterocycles. The Hall–Kier alpha value is -2.21. The molecular weight excluding hydrogens is 411 g/mol. The van der Waals surface area contributed by atoms with Crippen LogP contribution >= 0.6 is 15.9 Å². The molecule has 3 N–H and O–H groups in total. The Labute approximate surface area is 149 Å². The van der Waals surface area contributed by atoms with Crippen molar-refractivity contribution in [2.24, 2.45) is 0 Å². The van der Waals surface area contributed by atoms with E-state index in [-0.39, 0.29) is 13.1 Å². The Morgan fingerprint density at radius 2 is 1.84 bits per heavy atom. The van der Waals surface area contributed by atoms with Crippen molar-refractivity contribution in [1.29, 1.82) is 0 Å². The molecule has 0 bridgehead atoms. The number of alkyl halides is 3. The van der Waals surface area contributed by atoms with E-state index in [1.165, 1.54) is 23.5 Å². The van der Waals surface area contributed by atoms with Crippen molar-refractivity contribution < 1.29 is 27.6 Å². The van der Waals surface area contributed by atoms with Crippen molar-refractivity contribution in [3.05, 3.63) is 22.8 Å². The first-order valence-corrected chi connectivity index (χ1v) is 7.59. The lowest BCUT2D eigenvalue weighted by molar-refractivity contribution is -0.125. The number of rotatable bonds is 6. The maximum absolute atomic E-state index is 11.9. The van der Waals surface area contributed by atoms with Crippen molar-refractivity contribution in [3.8, 4) is 0 Å². The van der Waals surface area contributed by atoms with Gasteiger partial charge in [-0.2, -0.15) is 13.2 Å². The van der Waals surface area contributed by atoms with Gasteiger partial charge in [-0.25, -0.2) is 9.78 Å². The van der Waals surface area contributed by atoms with Crippen molar-refractivity contribution in [1.82, 2.24) is 20.5 Å². The first-order chi connectivity index (χ1) is 11.5. The number of hydrogen-bond donors (Lipinski definition) is 3. The SMILES string of the molecule is CN(CC(=O)NC(=O)NCC(F)(F)F)CC(=O)Nc1ccc(Br)cn1. The third-order valence-corrected chi connectivity index (χ3v) is 2.99. The number of likely N-dealkylation sites (N-methyl/N-ethyl adjacent to an activating group) is 1. The van der Waals surface area contributed by atoms with Crippen molar-refractivity contribution in [2.45, 2.75) is 6.18 Å². The number of nitrogens with zero attached hydrogens (tertiary/aromatic N) is 2. The molecule has 4 amide bonds. The number of anilines is 1. The summed E-state index contributed by atoms with van der Waals surface area (Å²) < 4.78 is 36.5. The number of imide groups is 1. The van der Waals surface area contributed by atoms with Gasteiger partial charge in [-0.3, -0.25) is 19.8 Å². The second-order valence-electron chi connectivity index (χ2n) is 4.93. The molecule has 0 aromatic carbocycles. The molecule has 1 heterocycles. The van der Waals surface area contributed by atoms with E-state index in [2.05, 4.69) is 26.2 Å². The largest absolute Gasteiger partial charge is 0.405 e. The monoisotopic (exact) mass is 425 g/mol. The summed E-state index contributed by atoms with van der Waals surface area (Å²) in [5, 5.41) is 5.73. The Bertz CT molecular complexity index is 624. The van der Waals surface area contributed by atoms with E-state index in [1.54, 1.807) is 17.4 Å². The highest BCUT2D eigenvalue weighted by atomic mass is 79.9. The summed E-state index contributed by atoms with van der Waals surface area (Å²) in [6.45, 7) is -2.10. The minimum absolute atomic E-state index is 0.185. The van der Waals surface area contributed by atoms with E-state index in [0.717, 1.165) is 4.47 Å². The van der Waals surface area contributed by atoms with E-state index < -0.39 is 30.6 Å². The van der Waals surface area contributed by atoms with Crippen molar-refractivity contribution in [2.75, 3.05) is 32.0 Å². The number of aromatic nitrogens is 1. The van der Waals surface area contributed by atoms with Gasteiger partial charge in [0.15, 0.2) is 0 Å². The summed E-state index contributed by atoms with van der Waals surface area (Å²) in [5.41, 5.74) is 0. The molecule has 0 aliphatic carbocycles. The molecule has 25 heavy (non-hydrogen) atoms. The van der Waals surface area contributed by atoms with Crippen LogP contribution in [0.2, 0.25) is 0 Å². The molecule has 1 aromatic rings. The van der Waals surface area contributed by atoms with Crippen LogP contribution in [0.15, 0.2) is 22.8 Å². The highest BCUT2D eigenvalue weighted by Gasteiger charge is 2.28. The predicted molar refractivity (Wildman–Crippen MR) is 85.7 cm³/mol. The summed E-state index contributed by atoms with van der Waals surface area (Å²) >= 11 is 3.20. The molecule has 0 saturated carbocycles. The fourth-order valence-corrected chi connectivity index (χ4v) is 1.80. The van der Waals surface area contributed by atoms with Crippen LogP contribution in [0.5, 0.6) is 0 Å². The number of hydrogen-bond acceptors (Lipinski definition) is 5. The van der Waals surface area contributed by atoms with E-state index in [4.69, 9.17) is 0 Å². The van der Waals surface area contributed by atoms with E-state index >= 15 is 0 Å². The Morgan fingerprint density at radius 1 is 1.20 bits per heavy atom. The zero-order chi connectivity index (χ0) is 19.0. The van der Waals surface area contributed by atoms with E-state index in [0.29, 0.717) is 5.82 Å². The number of carbonyl (C=O) groups excluding carboxylic acids is 3. The lowest BCUT2D eigenvalue weighted by Gasteiger charge is -2.15. The van der Waals surface area contributed by atoms with Gasteiger partial charge in [0.25, 0.3) is 0 Å². The maximum Gasteiger partial charge on any atom is 0.405 e. The molecule has 8 nitrogen and oxygen atoms in total. The third kappa shape index (κ3) is 9.62. The summed E-state index contributed by atoms with van der Waals surface area (Å²) in [6.07, 6.45) is -3.08. The number of urea groups is 1. The lowest BCUT2D eigenvalue weighted by atomic mass is 10.4. The molecule has 0 aliphatic heterocycles. The summed E-state index contributed by atoms with van der Waals surface area (Å²) in [4.78, 5) is 39.6. The van der Waals surface area contributed by atoms with Gasteiger partial charge < -0.3 is 10.6 Å². The average Bonchev–Trinajstić information content (AvgIpc) is 2.46. The quantitative estimate of drug-likeness (QED) is 0.633. The molecule has 1 rings (SSSR count). The van der Waals surface area contributed by atoms with Crippen LogP contribution in [0.1, 0.15) is 0 Å². The van der Waals surface area contributed by atoms with Crippen LogP contribution in [0, 0.1) is 0 Å². The molecule has 1 aromatic heterocycles. The van der Waals surface area contributed by atoms with Crippen LogP contribution in [0.25, 0.3) is 0 Å². The molecular formula is C13H15BrF3N5O3. The first kappa shape index (κ1) is 20.8. The van der Waals surface area contributed by atoms with E-state index in [9.17, 15) is 27.6 Å². The van der Waals surface area contributed by atoms with Gasteiger partial charge in [-0.05, 0) is 35.1 Å². The average molecular weight is 426 g/mol. The molecule has 0 unspecified atom stereocenters. The second kappa shape index (κ2) is 9.32. The van der Waals surface area contributed by atoms with Crippen LogP contribution in [0.4, 0.5) is 23.8 Å². The van der Waals surface area contributed by atoms with Gasteiger partial charge >= 0.3 is 12.2 Å². The number of nitrogens with one attached hydrogen (secondary N) is 3. The first-order valence-electron chi connectivity index (χ1n) is 6.79. The zero-order valence-electron chi connectivity index (χ0n) is 13.0. The minimum atomic E-state index is -4.57. The summed E-state index contributed by atoms with van der Waals surface area (Å²) in [7, 11) is 1.43. The standard InChI is InChI=1S/C13H15BrF3N5O3/c1-22(5-10(23)20-9-3-2-8(14)4-18-9)6-11(24)21-12(25)19-7-13(15,16)17/h2-4H,5-7H2,1H3,(H,18,20,23)(H2,19,21,24,25). The van der Waals surface area contributed by atoms with Crippen molar-refractivity contribution >= 4 is 39.6 Å². The minimum Gasteiger partial charge on any atom is -0.329 e. The Morgan fingerprint density at radius 3 is 2.40 bits per heavy atom.